The number of likely N-dealkylation sites (tertiary alicyclic amines) is 1. The molecule has 2 aromatic rings. The lowest BCUT2D eigenvalue weighted by Gasteiger charge is -2.31. The molecule has 0 aliphatic carbocycles. The highest BCUT2D eigenvalue weighted by molar-refractivity contribution is 5.68. The van der Waals surface area contributed by atoms with E-state index >= 15 is 0 Å². The number of piperidine rings is 1. The molecule has 28 heavy (non-hydrogen) atoms. The molecule has 1 amide bonds. The minimum atomic E-state index is -0.474. The Balaban J connectivity index is 1.61. The number of aromatic hydroxyl groups is 1. The monoisotopic (exact) mass is 382 g/mol. The van der Waals surface area contributed by atoms with Crippen LogP contribution in [0.2, 0.25) is 0 Å². The van der Waals surface area contributed by atoms with Gasteiger partial charge in [0, 0.05) is 25.2 Å². The van der Waals surface area contributed by atoms with Gasteiger partial charge in [0.15, 0.2) is 0 Å². The molecule has 1 N–H and O–H groups in total. The summed E-state index contributed by atoms with van der Waals surface area (Å²) in [5, 5.41) is 9.45. The number of hydrogen-bond donors (Lipinski definition) is 1. The van der Waals surface area contributed by atoms with Crippen LogP contribution in [0.3, 0.4) is 0 Å². The van der Waals surface area contributed by atoms with Crippen LogP contribution in [0.25, 0.3) is 6.08 Å². The quantitative estimate of drug-likeness (QED) is 0.809. The van der Waals surface area contributed by atoms with E-state index in [1.807, 2.05) is 45.0 Å². The third-order valence-corrected chi connectivity index (χ3v) is 4.22. The van der Waals surface area contributed by atoms with Crippen molar-refractivity contribution in [3.05, 3.63) is 53.6 Å². The van der Waals surface area contributed by atoms with Gasteiger partial charge in [-0.1, -0.05) is 29.8 Å². The average Bonchev–Trinajstić information content (AvgIpc) is 2.61. The summed E-state index contributed by atoms with van der Waals surface area (Å²) in [5.74, 6) is 0.918. The fourth-order valence-corrected chi connectivity index (χ4v) is 2.93. The SMILES string of the molecule is CC(C)(C)OC(=O)N1CCC(=Cc2cccc(Oc3cccc(O)n3)c2)CC1. The van der Waals surface area contributed by atoms with Crippen LogP contribution in [-0.4, -0.2) is 39.8 Å². The summed E-state index contributed by atoms with van der Waals surface area (Å²) in [6.45, 7) is 6.94. The van der Waals surface area contributed by atoms with Gasteiger partial charge >= 0.3 is 6.09 Å². The number of hydrogen-bond acceptors (Lipinski definition) is 5. The summed E-state index contributed by atoms with van der Waals surface area (Å²) < 4.78 is 11.2. The number of amides is 1. The van der Waals surface area contributed by atoms with Crippen LogP contribution in [0.1, 0.15) is 39.2 Å². The number of ether oxygens (including phenoxy) is 2. The van der Waals surface area contributed by atoms with E-state index in [4.69, 9.17) is 9.47 Å². The fourth-order valence-electron chi connectivity index (χ4n) is 2.93. The molecule has 3 rings (SSSR count). The van der Waals surface area contributed by atoms with Gasteiger partial charge < -0.3 is 19.5 Å². The first-order chi connectivity index (χ1) is 13.3. The van der Waals surface area contributed by atoms with Gasteiger partial charge in [-0.25, -0.2) is 4.79 Å². The molecule has 2 heterocycles. The van der Waals surface area contributed by atoms with Crippen LogP contribution in [0.15, 0.2) is 48.0 Å². The van der Waals surface area contributed by atoms with Crippen molar-refractivity contribution >= 4 is 12.2 Å². The number of rotatable bonds is 3. The number of carbonyl (C=O) groups is 1. The number of benzene rings is 1. The van der Waals surface area contributed by atoms with Crippen LogP contribution in [0, 0.1) is 0 Å². The second-order valence-electron chi connectivity index (χ2n) is 7.78. The standard InChI is InChI=1S/C22H26N2O4/c1-22(2,3)28-21(26)24-12-10-16(11-13-24)14-17-6-4-7-18(15-17)27-20-9-5-8-19(25)23-20/h4-9,14-15H,10-13H2,1-3H3,(H,23,25). The van der Waals surface area contributed by atoms with Crippen molar-refractivity contribution < 1.29 is 19.4 Å². The third-order valence-electron chi connectivity index (χ3n) is 4.22. The second-order valence-corrected chi connectivity index (χ2v) is 7.78. The van der Waals surface area contributed by atoms with Crippen molar-refractivity contribution in [1.82, 2.24) is 9.88 Å². The molecule has 0 bridgehead atoms. The Labute approximate surface area is 165 Å². The van der Waals surface area contributed by atoms with Crippen LogP contribution >= 0.6 is 0 Å². The van der Waals surface area contributed by atoms with Gasteiger partial charge in [0.1, 0.15) is 11.4 Å². The Morgan fingerprint density at radius 2 is 1.86 bits per heavy atom. The second kappa shape index (κ2) is 8.33. The summed E-state index contributed by atoms with van der Waals surface area (Å²) >= 11 is 0. The van der Waals surface area contributed by atoms with Gasteiger partial charge in [-0.05, 0) is 51.3 Å². The van der Waals surface area contributed by atoms with E-state index in [2.05, 4.69) is 11.1 Å². The summed E-state index contributed by atoms with van der Waals surface area (Å²) in [7, 11) is 0. The lowest BCUT2D eigenvalue weighted by atomic mass is 10.0. The highest BCUT2D eigenvalue weighted by Crippen LogP contribution is 2.25. The molecule has 1 saturated heterocycles. The minimum Gasteiger partial charge on any atom is -0.493 e. The van der Waals surface area contributed by atoms with Gasteiger partial charge in [0.05, 0.1) is 0 Å². The van der Waals surface area contributed by atoms with E-state index in [9.17, 15) is 9.90 Å². The molecule has 1 aliphatic rings. The van der Waals surface area contributed by atoms with Crippen LogP contribution in [-0.2, 0) is 4.74 Å². The Hall–Kier alpha value is -3.02. The zero-order valence-electron chi connectivity index (χ0n) is 16.5. The van der Waals surface area contributed by atoms with E-state index < -0.39 is 5.60 Å². The summed E-state index contributed by atoms with van der Waals surface area (Å²) in [5.41, 5.74) is 1.84. The maximum atomic E-state index is 12.2. The average molecular weight is 382 g/mol. The lowest BCUT2D eigenvalue weighted by Crippen LogP contribution is -2.40. The van der Waals surface area contributed by atoms with Crippen molar-refractivity contribution in [2.75, 3.05) is 13.1 Å². The highest BCUT2D eigenvalue weighted by atomic mass is 16.6. The molecular formula is C22H26N2O4. The number of carbonyl (C=O) groups excluding carboxylic acids is 1. The molecule has 6 nitrogen and oxygen atoms in total. The molecule has 0 spiro atoms. The zero-order valence-corrected chi connectivity index (χ0v) is 16.5. The van der Waals surface area contributed by atoms with E-state index in [-0.39, 0.29) is 12.0 Å². The van der Waals surface area contributed by atoms with Crippen molar-refractivity contribution in [2.24, 2.45) is 0 Å². The molecule has 1 aliphatic heterocycles. The van der Waals surface area contributed by atoms with Crippen molar-refractivity contribution in [3.63, 3.8) is 0 Å². The number of aromatic nitrogens is 1. The molecule has 1 aromatic heterocycles. The molecule has 1 fully saturated rings. The number of pyridine rings is 1. The lowest BCUT2D eigenvalue weighted by molar-refractivity contribution is 0.0237. The van der Waals surface area contributed by atoms with E-state index in [1.54, 1.807) is 17.0 Å². The van der Waals surface area contributed by atoms with Crippen LogP contribution in [0.4, 0.5) is 4.79 Å². The van der Waals surface area contributed by atoms with Crippen LogP contribution in [0.5, 0.6) is 17.5 Å². The van der Waals surface area contributed by atoms with Gasteiger partial charge in [-0.15, -0.1) is 0 Å². The largest absolute Gasteiger partial charge is 0.493 e. The first-order valence-electron chi connectivity index (χ1n) is 9.40. The molecule has 0 radical (unpaired) electrons. The molecule has 0 saturated carbocycles. The molecule has 0 atom stereocenters. The summed E-state index contributed by atoms with van der Waals surface area (Å²) in [6.07, 6.45) is 3.52. The topological polar surface area (TPSA) is 71.9 Å². The van der Waals surface area contributed by atoms with E-state index in [0.717, 1.165) is 18.4 Å². The Bertz CT molecular complexity index is 861. The van der Waals surface area contributed by atoms with Crippen LogP contribution < -0.4 is 4.74 Å². The predicted molar refractivity (Wildman–Crippen MR) is 107 cm³/mol. The maximum absolute atomic E-state index is 12.2. The third kappa shape index (κ3) is 5.74. The van der Waals surface area contributed by atoms with E-state index in [0.29, 0.717) is 24.7 Å². The maximum Gasteiger partial charge on any atom is 0.410 e. The molecule has 148 valence electrons. The zero-order chi connectivity index (χ0) is 20.1. The van der Waals surface area contributed by atoms with Crippen molar-refractivity contribution in [1.29, 1.82) is 0 Å². The van der Waals surface area contributed by atoms with Gasteiger partial charge in [-0.2, -0.15) is 4.98 Å². The van der Waals surface area contributed by atoms with Gasteiger partial charge in [-0.3, -0.25) is 0 Å². The molecular weight excluding hydrogens is 356 g/mol. The van der Waals surface area contributed by atoms with Crippen molar-refractivity contribution in [3.8, 4) is 17.5 Å². The van der Waals surface area contributed by atoms with Gasteiger partial charge in [0.25, 0.3) is 0 Å². The smallest absolute Gasteiger partial charge is 0.410 e. The van der Waals surface area contributed by atoms with Gasteiger partial charge in [0.2, 0.25) is 11.8 Å². The highest BCUT2D eigenvalue weighted by Gasteiger charge is 2.24. The Morgan fingerprint density at radius 3 is 2.54 bits per heavy atom. The molecule has 6 heteroatoms. The van der Waals surface area contributed by atoms with E-state index in [1.165, 1.54) is 11.6 Å². The van der Waals surface area contributed by atoms with Crippen molar-refractivity contribution in [2.45, 2.75) is 39.2 Å². The summed E-state index contributed by atoms with van der Waals surface area (Å²) in [6, 6.07) is 12.6. The first-order valence-corrected chi connectivity index (χ1v) is 9.40. The summed E-state index contributed by atoms with van der Waals surface area (Å²) in [4.78, 5) is 17.9. The normalized spacial score (nSPS) is 14.5. The first kappa shape index (κ1) is 19.7. The fraction of sp³-hybridized carbons (Fsp3) is 0.364. The Kier molecular flexibility index (Phi) is 5.87. The molecule has 1 aromatic carbocycles. The molecule has 0 unspecified atom stereocenters. The predicted octanol–water partition coefficient (Wildman–Crippen LogP) is 4.99. The minimum absolute atomic E-state index is 0.0764. The Morgan fingerprint density at radius 1 is 1.14 bits per heavy atom. The number of nitrogens with zero attached hydrogens (tertiary/aromatic N) is 2.